The van der Waals surface area contributed by atoms with Crippen molar-refractivity contribution in [3.8, 4) is 0 Å². The van der Waals surface area contributed by atoms with Gasteiger partial charge in [0.25, 0.3) is 5.91 Å². The molecular weight excluding hydrogens is 410 g/mol. The average molecular weight is 440 g/mol. The third-order valence-electron chi connectivity index (χ3n) is 7.09. The highest BCUT2D eigenvalue weighted by Crippen LogP contribution is 2.32. The van der Waals surface area contributed by atoms with E-state index in [-0.39, 0.29) is 30.2 Å². The van der Waals surface area contributed by atoms with E-state index in [1.807, 2.05) is 23.1 Å². The van der Waals surface area contributed by atoms with Crippen LogP contribution in [0.25, 0.3) is 0 Å². The molecule has 170 valence electrons. The van der Waals surface area contributed by atoms with Gasteiger partial charge in [-0.05, 0) is 36.9 Å². The summed E-state index contributed by atoms with van der Waals surface area (Å²) >= 11 is 0. The Kier molecular flexibility index (Phi) is 5.69. The maximum Gasteiger partial charge on any atom is 0.255 e. The van der Waals surface area contributed by atoms with E-state index in [4.69, 9.17) is 0 Å². The van der Waals surface area contributed by atoms with Gasteiger partial charge < -0.3 is 15.1 Å². The average Bonchev–Trinajstić information content (AvgIpc) is 3.39. The molecule has 32 heavy (non-hydrogen) atoms. The summed E-state index contributed by atoms with van der Waals surface area (Å²) in [5.74, 6) is -0.655. The molecule has 0 saturated carbocycles. The molecule has 2 N–H and O–H groups in total. The van der Waals surface area contributed by atoms with Crippen molar-refractivity contribution in [2.45, 2.75) is 50.9 Å². The van der Waals surface area contributed by atoms with Gasteiger partial charge in [0.2, 0.25) is 17.7 Å². The van der Waals surface area contributed by atoms with Crippen molar-refractivity contribution < 1.29 is 19.2 Å². The van der Waals surface area contributed by atoms with Gasteiger partial charge in [-0.3, -0.25) is 29.4 Å². The van der Waals surface area contributed by atoms with Gasteiger partial charge in [0.15, 0.2) is 0 Å². The fourth-order valence-corrected chi connectivity index (χ4v) is 5.43. The SMILES string of the molecule is O=C1CCC(N2Cc3cccc(CN4CCC[C@H]4C(=O)N4CCNCC4)c3C2=O)C(=O)N1. The van der Waals surface area contributed by atoms with E-state index in [1.165, 1.54) is 0 Å². The fourth-order valence-electron chi connectivity index (χ4n) is 5.43. The van der Waals surface area contributed by atoms with Crippen molar-refractivity contribution in [1.29, 1.82) is 0 Å². The molecule has 4 aliphatic rings. The van der Waals surface area contributed by atoms with Crippen molar-refractivity contribution in [3.63, 3.8) is 0 Å². The molecule has 4 amide bonds. The number of nitrogens with one attached hydrogen (secondary N) is 2. The molecule has 1 unspecified atom stereocenters. The second kappa shape index (κ2) is 8.63. The number of piperidine rings is 1. The maximum absolute atomic E-state index is 13.3. The van der Waals surface area contributed by atoms with Crippen LogP contribution in [0.1, 0.15) is 47.2 Å². The molecule has 3 fully saturated rings. The molecule has 9 nitrogen and oxygen atoms in total. The van der Waals surface area contributed by atoms with Crippen molar-refractivity contribution >= 4 is 23.6 Å². The fraction of sp³-hybridized carbons (Fsp3) is 0.565. The quantitative estimate of drug-likeness (QED) is 0.633. The Balaban J connectivity index is 1.33. The van der Waals surface area contributed by atoms with Crippen LogP contribution in [0.4, 0.5) is 0 Å². The molecule has 0 radical (unpaired) electrons. The summed E-state index contributed by atoms with van der Waals surface area (Å²) in [5, 5.41) is 5.63. The first kappa shape index (κ1) is 21.1. The molecule has 1 aromatic rings. The van der Waals surface area contributed by atoms with Crippen molar-refractivity contribution in [2.24, 2.45) is 0 Å². The third kappa shape index (κ3) is 3.80. The first-order chi connectivity index (χ1) is 15.5. The molecule has 9 heteroatoms. The van der Waals surface area contributed by atoms with E-state index in [2.05, 4.69) is 15.5 Å². The highest BCUT2D eigenvalue weighted by molar-refractivity contribution is 6.06. The number of hydrogen-bond acceptors (Lipinski definition) is 6. The van der Waals surface area contributed by atoms with Crippen LogP contribution in [0.2, 0.25) is 0 Å². The molecule has 4 heterocycles. The molecule has 0 aliphatic carbocycles. The summed E-state index contributed by atoms with van der Waals surface area (Å²) in [6.45, 7) is 4.88. The summed E-state index contributed by atoms with van der Waals surface area (Å²) < 4.78 is 0. The van der Waals surface area contributed by atoms with E-state index in [0.717, 1.165) is 56.7 Å². The Morgan fingerprint density at radius 1 is 1.06 bits per heavy atom. The molecule has 0 aromatic heterocycles. The van der Waals surface area contributed by atoms with E-state index >= 15 is 0 Å². The standard InChI is InChI=1S/C23H29N5O4/c29-19-7-6-17(21(30)25-19)28-14-16-4-1-3-15(20(16)23(28)32)13-27-10-2-5-18(27)22(31)26-11-8-24-9-12-26/h1,3-4,17-18,24H,2,5-14H2,(H,25,29,30)/t17?,18-/m0/s1. The number of imide groups is 1. The summed E-state index contributed by atoms with van der Waals surface area (Å²) in [4.78, 5) is 56.0. The Morgan fingerprint density at radius 3 is 2.66 bits per heavy atom. The van der Waals surface area contributed by atoms with Gasteiger partial charge in [0.1, 0.15) is 6.04 Å². The van der Waals surface area contributed by atoms with E-state index in [9.17, 15) is 19.2 Å². The van der Waals surface area contributed by atoms with Crippen molar-refractivity contribution in [3.05, 3.63) is 34.9 Å². The highest BCUT2D eigenvalue weighted by Gasteiger charge is 2.41. The van der Waals surface area contributed by atoms with E-state index in [1.54, 1.807) is 4.90 Å². The first-order valence-corrected chi connectivity index (χ1v) is 11.5. The lowest BCUT2D eigenvalue weighted by Crippen LogP contribution is -2.52. The number of piperazine rings is 1. The number of fused-ring (bicyclic) bond motifs is 1. The number of benzene rings is 1. The Labute approximate surface area is 187 Å². The zero-order chi connectivity index (χ0) is 22.2. The number of hydrogen-bond donors (Lipinski definition) is 2. The number of carbonyl (C=O) groups excluding carboxylic acids is 4. The maximum atomic E-state index is 13.3. The van der Waals surface area contributed by atoms with Gasteiger partial charge in [-0.25, -0.2) is 0 Å². The molecule has 5 rings (SSSR count). The van der Waals surface area contributed by atoms with Crippen LogP contribution in [0.5, 0.6) is 0 Å². The highest BCUT2D eigenvalue weighted by atomic mass is 16.2. The zero-order valence-corrected chi connectivity index (χ0v) is 18.1. The van der Waals surface area contributed by atoms with Crippen LogP contribution in [0, 0.1) is 0 Å². The largest absolute Gasteiger partial charge is 0.339 e. The minimum Gasteiger partial charge on any atom is -0.339 e. The van der Waals surface area contributed by atoms with Gasteiger partial charge in [0.05, 0.1) is 6.04 Å². The predicted octanol–water partition coefficient (Wildman–Crippen LogP) is -0.156. The van der Waals surface area contributed by atoms with Gasteiger partial charge in [-0.15, -0.1) is 0 Å². The molecule has 0 bridgehead atoms. The predicted molar refractivity (Wildman–Crippen MR) is 115 cm³/mol. The second-order valence-corrected chi connectivity index (χ2v) is 9.06. The van der Waals surface area contributed by atoms with Gasteiger partial charge in [0, 0.05) is 51.3 Å². The summed E-state index contributed by atoms with van der Waals surface area (Å²) in [6.07, 6.45) is 2.40. The molecule has 0 spiro atoms. The lowest BCUT2D eigenvalue weighted by molar-refractivity contribution is -0.137. The minimum absolute atomic E-state index is 0.147. The van der Waals surface area contributed by atoms with Gasteiger partial charge >= 0.3 is 0 Å². The summed E-state index contributed by atoms with van der Waals surface area (Å²) in [5.41, 5.74) is 2.46. The van der Waals surface area contributed by atoms with Crippen LogP contribution in [-0.4, -0.2) is 83.1 Å². The van der Waals surface area contributed by atoms with E-state index in [0.29, 0.717) is 25.1 Å². The molecule has 3 saturated heterocycles. The molecule has 2 atom stereocenters. The first-order valence-electron chi connectivity index (χ1n) is 11.5. The third-order valence-corrected chi connectivity index (χ3v) is 7.09. The van der Waals surface area contributed by atoms with Crippen molar-refractivity contribution in [2.75, 3.05) is 32.7 Å². The van der Waals surface area contributed by atoms with Crippen LogP contribution < -0.4 is 10.6 Å². The smallest absolute Gasteiger partial charge is 0.255 e. The summed E-state index contributed by atoms with van der Waals surface area (Å²) in [6, 6.07) is 5.06. The van der Waals surface area contributed by atoms with Gasteiger partial charge in [-0.1, -0.05) is 18.2 Å². The number of rotatable bonds is 4. The number of nitrogens with zero attached hydrogens (tertiary/aromatic N) is 3. The topological polar surface area (TPSA) is 102 Å². The van der Waals surface area contributed by atoms with Crippen LogP contribution in [-0.2, 0) is 27.5 Å². The number of amides is 4. The van der Waals surface area contributed by atoms with E-state index < -0.39 is 11.9 Å². The van der Waals surface area contributed by atoms with Crippen LogP contribution in [0.15, 0.2) is 18.2 Å². The Morgan fingerprint density at radius 2 is 1.88 bits per heavy atom. The lowest BCUT2D eigenvalue weighted by Gasteiger charge is -2.33. The van der Waals surface area contributed by atoms with Crippen LogP contribution in [0.3, 0.4) is 0 Å². The zero-order valence-electron chi connectivity index (χ0n) is 18.1. The normalized spacial score (nSPS) is 26.4. The molecule has 1 aromatic carbocycles. The Hall–Kier alpha value is -2.78. The molecule has 4 aliphatic heterocycles. The molecular formula is C23H29N5O4. The number of carbonyl (C=O) groups is 4. The van der Waals surface area contributed by atoms with Gasteiger partial charge in [-0.2, -0.15) is 0 Å². The number of likely N-dealkylation sites (tertiary alicyclic amines) is 1. The minimum atomic E-state index is -0.616. The monoisotopic (exact) mass is 439 g/mol. The second-order valence-electron chi connectivity index (χ2n) is 9.06. The summed E-state index contributed by atoms with van der Waals surface area (Å²) in [7, 11) is 0. The Bertz CT molecular complexity index is 958. The van der Waals surface area contributed by atoms with Crippen LogP contribution >= 0.6 is 0 Å². The van der Waals surface area contributed by atoms with Crippen molar-refractivity contribution in [1.82, 2.24) is 25.3 Å². The lowest BCUT2D eigenvalue weighted by atomic mass is 10.0.